The number of hydrogen-bond acceptors (Lipinski definition) is 4. The minimum Gasteiger partial charge on any atom is -0.457 e. The molecule has 0 unspecified atom stereocenters. The average molecular weight is 739 g/mol. The molecular weight excluding hydrogens is 685 g/mol. The van der Waals surface area contributed by atoms with Crippen molar-refractivity contribution in [3.8, 4) is 39.6 Å². The van der Waals surface area contributed by atoms with E-state index in [1.165, 1.54) is 0 Å². The highest BCUT2D eigenvalue weighted by atomic mass is 16.5. The summed E-state index contributed by atoms with van der Waals surface area (Å²) in [6.07, 6.45) is 0.0623. The van der Waals surface area contributed by atoms with Gasteiger partial charge in [-0.25, -0.2) is 4.98 Å². The molecule has 0 radical (unpaired) electrons. The van der Waals surface area contributed by atoms with E-state index >= 15 is 0 Å². The molecule has 5 heteroatoms. The van der Waals surface area contributed by atoms with E-state index in [0.717, 1.165) is 21.8 Å². The number of nitrogens with one attached hydrogen (secondary N) is 2. The van der Waals surface area contributed by atoms with Crippen LogP contribution in [0.5, 0.6) is 11.5 Å². The molecule has 0 bridgehead atoms. The summed E-state index contributed by atoms with van der Waals surface area (Å²) in [7, 11) is 0. The van der Waals surface area contributed by atoms with Crippen LogP contribution in [0, 0.1) is 5.92 Å². The third kappa shape index (κ3) is 7.10. The highest BCUT2D eigenvalue weighted by molar-refractivity contribution is 6.09. The number of aromatic nitrogens is 2. The predicted octanol–water partition coefficient (Wildman–Crippen LogP) is 14.0. The molecule has 9 rings (SSSR count). The maximum absolute atomic E-state index is 8.85. The first-order valence-corrected chi connectivity index (χ1v) is 18.2. The Morgan fingerprint density at radius 2 is 1.27 bits per heavy atom. The van der Waals surface area contributed by atoms with Gasteiger partial charge < -0.3 is 15.4 Å². The first kappa shape index (κ1) is 23.6. The Hall–Kier alpha value is -7.11. The molecule has 9 aromatic rings. The zero-order valence-electron chi connectivity index (χ0n) is 42.5. The summed E-state index contributed by atoms with van der Waals surface area (Å²) in [4.78, 5) is 4.69. The number of rotatable bonds is 11. The van der Waals surface area contributed by atoms with Gasteiger partial charge in [-0.1, -0.05) is 129 Å². The first-order chi connectivity index (χ1) is 32.5. The monoisotopic (exact) mass is 738 g/mol. The zero-order chi connectivity index (χ0) is 48.3. The van der Waals surface area contributed by atoms with E-state index in [9.17, 15) is 0 Å². The van der Waals surface area contributed by atoms with Crippen molar-refractivity contribution in [3.63, 3.8) is 0 Å². The van der Waals surface area contributed by atoms with Crippen molar-refractivity contribution >= 4 is 44.6 Å². The fourth-order valence-electron chi connectivity index (χ4n) is 6.86. The van der Waals surface area contributed by atoms with Gasteiger partial charge in [0.25, 0.3) is 0 Å². The summed E-state index contributed by atoms with van der Waals surface area (Å²) >= 11 is 0. The summed E-state index contributed by atoms with van der Waals surface area (Å²) in [6.45, 7) is 3.71. The van der Waals surface area contributed by atoms with E-state index in [2.05, 4.69) is 10.6 Å². The number of ether oxygens (including phenoxy) is 1. The fraction of sp³-hybridized carbons (Fsp3) is 0.0784. The highest BCUT2D eigenvalue weighted by Crippen LogP contribution is 2.41. The van der Waals surface area contributed by atoms with Gasteiger partial charge in [-0.2, -0.15) is 0 Å². The van der Waals surface area contributed by atoms with Crippen LogP contribution in [-0.2, 0) is 6.37 Å². The molecule has 2 heterocycles. The van der Waals surface area contributed by atoms with Gasteiger partial charge in [-0.05, 0) is 83.6 Å². The van der Waals surface area contributed by atoms with Crippen LogP contribution < -0.4 is 15.4 Å². The quantitative estimate of drug-likeness (QED) is 0.139. The lowest BCUT2D eigenvalue weighted by Gasteiger charge is -2.20. The standard InChI is InChI=1S/C51H42N4O/c1-35(2)31-36-29-30-52-50(32-36)55-48-26-12-9-21-44(48)45-28-27-41(34-49(45)55)56-40-20-13-19-39(33-40)53-46-24-10-11-25-47(46)54-51-42(37-15-5-3-6-16-37)22-14-23-43(51)38-17-7-4-8-18-38/h3-30,32-35,53-54H,31H2,1-2H3/i3D,4D,5D,6D,7D,8D,15D,16D,17D,18D,31D2. The largest absolute Gasteiger partial charge is 0.457 e. The van der Waals surface area contributed by atoms with Crippen LogP contribution in [0.3, 0.4) is 0 Å². The van der Waals surface area contributed by atoms with Crippen LogP contribution >= 0.6 is 0 Å². The lowest BCUT2D eigenvalue weighted by Crippen LogP contribution is -2.01. The third-order valence-corrected chi connectivity index (χ3v) is 9.21. The molecule has 272 valence electrons. The third-order valence-electron chi connectivity index (χ3n) is 9.21. The van der Waals surface area contributed by atoms with Crippen molar-refractivity contribution in [2.45, 2.75) is 20.2 Å². The highest BCUT2D eigenvalue weighted by Gasteiger charge is 2.16. The van der Waals surface area contributed by atoms with E-state index in [1.807, 2.05) is 91.2 Å². The van der Waals surface area contributed by atoms with Crippen LogP contribution in [0.2, 0.25) is 0 Å². The summed E-state index contributed by atoms with van der Waals surface area (Å²) < 4.78 is 112. The minimum atomic E-state index is -1.57. The molecule has 0 aliphatic carbocycles. The number of benzene rings is 7. The van der Waals surface area contributed by atoms with Gasteiger partial charge in [0.05, 0.1) is 41.8 Å². The second-order valence-corrected chi connectivity index (χ2v) is 13.4. The number of pyridine rings is 1. The minimum absolute atomic E-state index is 0.139. The lowest BCUT2D eigenvalue weighted by atomic mass is 9.95. The van der Waals surface area contributed by atoms with E-state index in [0.29, 0.717) is 39.9 Å². The van der Waals surface area contributed by atoms with Crippen LogP contribution in [-0.4, -0.2) is 9.55 Å². The molecular formula is C51H42N4O. The number of anilines is 4. The smallest absolute Gasteiger partial charge is 0.137 e. The van der Waals surface area contributed by atoms with Gasteiger partial charge in [0.15, 0.2) is 0 Å². The van der Waals surface area contributed by atoms with E-state index < -0.39 is 66.8 Å². The second kappa shape index (κ2) is 15.3. The normalized spacial score (nSPS) is 14.6. The van der Waals surface area contributed by atoms with Crippen molar-refractivity contribution in [1.82, 2.24) is 9.55 Å². The SMILES string of the molecule is [2H]c1c([2H])c([2H])c(-c2cccc(-c3c([2H])c([2H])c([2H])c([2H])c3[2H])c2Nc2ccccc2Nc2cccc(Oc3ccc4c5ccccc5n(-c5cc(C([2H])([2H])C(C)C)ccn5)c4c3)c2)c([2H])c1[2H]. The molecule has 0 spiro atoms. The summed E-state index contributed by atoms with van der Waals surface area (Å²) in [5, 5.41) is 8.77. The Bertz CT molecular complexity index is 3340. The van der Waals surface area contributed by atoms with Crippen molar-refractivity contribution < 1.29 is 21.2 Å². The van der Waals surface area contributed by atoms with Crippen LogP contribution in [0.15, 0.2) is 188 Å². The van der Waals surface area contributed by atoms with Gasteiger partial charge in [0.2, 0.25) is 0 Å². The molecule has 0 fully saturated rings. The molecule has 0 aliphatic heterocycles. The number of hydrogen-bond donors (Lipinski definition) is 2. The molecule has 56 heavy (non-hydrogen) atoms. The number of fused-ring (bicyclic) bond motifs is 3. The number of nitrogens with zero attached hydrogens (tertiary/aromatic N) is 2. The Labute approximate surface area is 344 Å². The molecule has 2 N–H and O–H groups in total. The Morgan fingerprint density at radius 1 is 0.625 bits per heavy atom. The van der Waals surface area contributed by atoms with Crippen molar-refractivity contribution in [3.05, 3.63) is 194 Å². The van der Waals surface area contributed by atoms with Crippen LogP contribution in [0.4, 0.5) is 22.7 Å². The zero-order valence-corrected chi connectivity index (χ0v) is 30.5. The van der Waals surface area contributed by atoms with Gasteiger partial charge >= 0.3 is 0 Å². The average Bonchev–Trinajstić information content (AvgIpc) is 3.66. The maximum Gasteiger partial charge on any atom is 0.137 e. The van der Waals surface area contributed by atoms with Crippen molar-refractivity contribution in [1.29, 1.82) is 0 Å². The Balaban J connectivity index is 1.10. The van der Waals surface area contributed by atoms with Gasteiger partial charge in [-0.3, -0.25) is 4.57 Å². The lowest BCUT2D eigenvalue weighted by molar-refractivity contribution is 0.483. The summed E-state index contributed by atoms with van der Waals surface area (Å²) in [6, 6.07) is 31.1. The van der Waals surface area contributed by atoms with Crippen LogP contribution in [0.25, 0.3) is 49.9 Å². The summed E-state index contributed by atoms with van der Waals surface area (Å²) in [5.41, 5.74) is 4.02. The molecule has 0 atom stereocenters. The van der Waals surface area contributed by atoms with E-state index in [4.69, 9.17) is 26.2 Å². The Kier molecular flexibility index (Phi) is 6.47. The van der Waals surface area contributed by atoms with Gasteiger partial charge in [0, 0.05) is 48.7 Å². The number of para-hydroxylation sites is 4. The molecule has 0 saturated carbocycles. The van der Waals surface area contributed by atoms with Crippen molar-refractivity contribution in [2.24, 2.45) is 5.92 Å². The first-order valence-electron chi connectivity index (χ1n) is 24.2. The van der Waals surface area contributed by atoms with Crippen molar-refractivity contribution in [2.75, 3.05) is 10.6 Å². The molecule has 2 aromatic heterocycles. The van der Waals surface area contributed by atoms with Gasteiger partial charge in [-0.15, -0.1) is 0 Å². The molecule has 0 amide bonds. The predicted molar refractivity (Wildman–Crippen MR) is 234 cm³/mol. The van der Waals surface area contributed by atoms with Gasteiger partial charge in [0.1, 0.15) is 17.3 Å². The topological polar surface area (TPSA) is 51.1 Å². The molecule has 0 saturated heterocycles. The fourth-order valence-corrected chi connectivity index (χ4v) is 6.86. The van der Waals surface area contributed by atoms with E-state index in [-0.39, 0.29) is 33.9 Å². The van der Waals surface area contributed by atoms with E-state index in [1.54, 1.807) is 54.7 Å². The second-order valence-electron chi connectivity index (χ2n) is 13.4. The molecule has 0 aliphatic rings. The Morgan fingerprint density at radius 3 is 2.00 bits per heavy atom. The van der Waals surface area contributed by atoms with Crippen LogP contribution in [0.1, 0.15) is 35.9 Å². The maximum atomic E-state index is 8.85. The molecule has 5 nitrogen and oxygen atoms in total. The molecule has 7 aromatic carbocycles. The summed E-state index contributed by atoms with van der Waals surface area (Å²) in [5.74, 6) is 1.36.